The molecule has 2 aromatic heterocycles. The van der Waals surface area contributed by atoms with Crippen LogP contribution in [0.25, 0.3) is 17.1 Å². The summed E-state index contributed by atoms with van der Waals surface area (Å²) < 4.78 is 45.7. The van der Waals surface area contributed by atoms with Crippen molar-refractivity contribution in [3.05, 3.63) is 63.4 Å². The summed E-state index contributed by atoms with van der Waals surface area (Å²) in [6.45, 7) is 3.37. The third-order valence-corrected chi connectivity index (χ3v) is 4.27. The Kier molecular flexibility index (Phi) is 5.27. The van der Waals surface area contributed by atoms with E-state index in [-0.39, 0.29) is 22.8 Å². The van der Waals surface area contributed by atoms with E-state index in [1.165, 1.54) is 13.0 Å². The minimum atomic E-state index is -4.62. The smallest absolute Gasteiger partial charge is 0.416 e. The second-order valence-corrected chi connectivity index (χ2v) is 6.30. The molecule has 0 fully saturated rings. The number of benzene rings is 1. The van der Waals surface area contributed by atoms with Crippen LogP contribution in [0.5, 0.6) is 0 Å². The zero-order valence-corrected chi connectivity index (χ0v) is 15.4. The van der Waals surface area contributed by atoms with Gasteiger partial charge in [0.05, 0.1) is 11.1 Å². The zero-order chi connectivity index (χ0) is 21.3. The van der Waals surface area contributed by atoms with Gasteiger partial charge in [0.1, 0.15) is 5.56 Å². The van der Waals surface area contributed by atoms with Crippen molar-refractivity contribution in [2.45, 2.75) is 32.9 Å². The van der Waals surface area contributed by atoms with E-state index in [1.54, 1.807) is 0 Å². The van der Waals surface area contributed by atoms with Crippen LogP contribution >= 0.6 is 0 Å². The van der Waals surface area contributed by atoms with Crippen molar-refractivity contribution in [3.8, 4) is 17.1 Å². The van der Waals surface area contributed by atoms with E-state index < -0.39 is 28.8 Å². The molecule has 0 aliphatic heterocycles. The largest absolute Gasteiger partial charge is 0.477 e. The summed E-state index contributed by atoms with van der Waals surface area (Å²) in [6, 6.07) is 5.16. The SMILES string of the molecule is CCCc1nnc(-c2cc(C(=O)O)c(=O)n(-c3cccc(C(F)(F)F)c3)c2C)o1. The number of hydrogen-bond donors (Lipinski definition) is 1. The predicted octanol–water partition coefficient (Wildman–Crippen LogP) is 3.87. The van der Waals surface area contributed by atoms with Gasteiger partial charge in [-0.15, -0.1) is 10.2 Å². The molecule has 0 aliphatic rings. The summed E-state index contributed by atoms with van der Waals surface area (Å²) in [5, 5.41) is 17.2. The Morgan fingerprint density at radius 1 is 1.24 bits per heavy atom. The Morgan fingerprint density at radius 2 is 1.97 bits per heavy atom. The summed E-state index contributed by atoms with van der Waals surface area (Å²) in [5.41, 5.74) is -2.36. The minimum absolute atomic E-state index is 0.0193. The second-order valence-electron chi connectivity index (χ2n) is 6.30. The second kappa shape index (κ2) is 7.53. The third-order valence-electron chi connectivity index (χ3n) is 4.27. The summed E-state index contributed by atoms with van der Waals surface area (Å²) >= 11 is 0. The molecular formula is C19H16F3N3O4. The van der Waals surface area contributed by atoms with E-state index in [4.69, 9.17) is 4.42 Å². The highest BCUT2D eigenvalue weighted by Gasteiger charge is 2.31. The van der Waals surface area contributed by atoms with Crippen molar-refractivity contribution in [1.29, 1.82) is 0 Å². The topological polar surface area (TPSA) is 98.2 Å². The maximum Gasteiger partial charge on any atom is 0.416 e. The predicted molar refractivity (Wildman–Crippen MR) is 96.0 cm³/mol. The van der Waals surface area contributed by atoms with Crippen LogP contribution in [0, 0.1) is 6.92 Å². The number of hydrogen-bond acceptors (Lipinski definition) is 5. The molecular weight excluding hydrogens is 391 g/mol. The van der Waals surface area contributed by atoms with E-state index >= 15 is 0 Å². The number of aryl methyl sites for hydroxylation is 1. The number of rotatable bonds is 5. The molecule has 3 aromatic rings. The van der Waals surface area contributed by atoms with Crippen LogP contribution in [0.4, 0.5) is 13.2 Å². The number of pyridine rings is 1. The van der Waals surface area contributed by atoms with Crippen molar-refractivity contribution < 1.29 is 27.5 Å². The molecule has 0 saturated heterocycles. The summed E-state index contributed by atoms with van der Waals surface area (Å²) in [7, 11) is 0. The zero-order valence-electron chi connectivity index (χ0n) is 15.4. The van der Waals surface area contributed by atoms with Gasteiger partial charge in [-0.3, -0.25) is 9.36 Å². The van der Waals surface area contributed by atoms with Gasteiger partial charge in [-0.1, -0.05) is 13.0 Å². The lowest BCUT2D eigenvalue weighted by molar-refractivity contribution is -0.137. The maximum absolute atomic E-state index is 13.1. The Bertz CT molecular complexity index is 1130. The molecule has 0 bridgehead atoms. The number of aromatic nitrogens is 3. The first-order valence-electron chi connectivity index (χ1n) is 8.63. The maximum atomic E-state index is 13.1. The van der Waals surface area contributed by atoms with E-state index in [0.29, 0.717) is 12.3 Å². The van der Waals surface area contributed by atoms with Gasteiger partial charge in [0.15, 0.2) is 0 Å². The standard InChI is InChI=1S/C19H16F3N3O4/c1-3-5-15-23-24-16(29-15)13-9-14(18(27)28)17(26)25(10(13)2)12-7-4-6-11(8-12)19(20,21)22/h4,6-9H,3,5H2,1-2H3,(H,27,28). The van der Waals surface area contributed by atoms with Gasteiger partial charge in [-0.25, -0.2) is 4.79 Å². The van der Waals surface area contributed by atoms with Gasteiger partial charge in [0.25, 0.3) is 5.56 Å². The van der Waals surface area contributed by atoms with Crippen LogP contribution < -0.4 is 5.56 Å². The molecule has 29 heavy (non-hydrogen) atoms. The molecule has 1 aromatic carbocycles. The Hall–Kier alpha value is -3.43. The summed E-state index contributed by atoms with van der Waals surface area (Å²) in [6.07, 6.45) is -3.38. The lowest BCUT2D eigenvalue weighted by Gasteiger charge is -2.15. The lowest BCUT2D eigenvalue weighted by atomic mass is 10.1. The van der Waals surface area contributed by atoms with Crippen molar-refractivity contribution in [3.63, 3.8) is 0 Å². The molecule has 2 heterocycles. The molecule has 10 heteroatoms. The monoisotopic (exact) mass is 407 g/mol. The number of carboxylic acids is 1. The van der Waals surface area contributed by atoms with Crippen molar-refractivity contribution in [2.24, 2.45) is 0 Å². The minimum Gasteiger partial charge on any atom is -0.477 e. The summed E-state index contributed by atoms with van der Waals surface area (Å²) in [5.74, 6) is -1.21. The fourth-order valence-electron chi connectivity index (χ4n) is 2.88. The highest BCUT2D eigenvalue weighted by molar-refractivity contribution is 5.89. The molecule has 7 nitrogen and oxygen atoms in total. The normalized spacial score (nSPS) is 11.6. The number of alkyl halides is 3. The summed E-state index contributed by atoms with van der Waals surface area (Å²) in [4.78, 5) is 24.3. The van der Waals surface area contributed by atoms with Crippen LogP contribution in [0.1, 0.15) is 40.9 Å². The first-order chi connectivity index (χ1) is 13.6. The number of carbonyl (C=O) groups is 1. The number of nitrogens with zero attached hydrogens (tertiary/aromatic N) is 3. The van der Waals surface area contributed by atoms with E-state index in [0.717, 1.165) is 35.3 Å². The molecule has 0 radical (unpaired) electrons. The molecule has 0 saturated carbocycles. The molecule has 0 atom stereocenters. The first kappa shape index (κ1) is 20.3. The van der Waals surface area contributed by atoms with Crippen LogP contribution in [0.15, 0.2) is 39.5 Å². The average molecular weight is 407 g/mol. The van der Waals surface area contributed by atoms with E-state index in [9.17, 15) is 27.9 Å². The number of halogens is 3. The van der Waals surface area contributed by atoms with Crippen LogP contribution in [-0.2, 0) is 12.6 Å². The molecule has 152 valence electrons. The Labute approximate surface area is 162 Å². The molecule has 3 rings (SSSR count). The highest BCUT2D eigenvalue weighted by atomic mass is 19.4. The van der Waals surface area contributed by atoms with Crippen molar-refractivity contribution in [2.75, 3.05) is 0 Å². The van der Waals surface area contributed by atoms with Gasteiger partial charge in [0.2, 0.25) is 11.8 Å². The molecule has 1 N–H and O–H groups in total. The highest BCUT2D eigenvalue weighted by Crippen LogP contribution is 2.31. The van der Waals surface area contributed by atoms with E-state index in [1.807, 2.05) is 6.92 Å². The van der Waals surface area contributed by atoms with Crippen LogP contribution in [-0.4, -0.2) is 25.8 Å². The lowest BCUT2D eigenvalue weighted by Crippen LogP contribution is -2.27. The average Bonchev–Trinajstić information content (AvgIpc) is 3.10. The van der Waals surface area contributed by atoms with Crippen LogP contribution in [0.2, 0.25) is 0 Å². The quantitative estimate of drug-likeness (QED) is 0.690. The van der Waals surface area contributed by atoms with E-state index in [2.05, 4.69) is 10.2 Å². The molecule has 0 aliphatic carbocycles. The fourth-order valence-corrected chi connectivity index (χ4v) is 2.88. The van der Waals surface area contributed by atoms with Gasteiger partial charge in [-0.05, 0) is 37.6 Å². The first-order valence-corrected chi connectivity index (χ1v) is 8.63. The van der Waals surface area contributed by atoms with Gasteiger partial charge in [0, 0.05) is 17.8 Å². The van der Waals surface area contributed by atoms with Crippen molar-refractivity contribution in [1.82, 2.24) is 14.8 Å². The van der Waals surface area contributed by atoms with Gasteiger partial charge < -0.3 is 9.52 Å². The third kappa shape index (κ3) is 3.91. The van der Waals surface area contributed by atoms with Crippen LogP contribution in [0.3, 0.4) is 0 Å². The Balaban J connectivity index is 2.28. The fraction of sp³-hybridized carbons (Fsp3) is 0.263. The van der Waals surface area contributed by atoms with Crippen molar-refractivity contribution >= 4 is 5.97 Å². The van der Waals surface area contributed by atoms with Gasteiger partial charge >= 0.3 is 12.1 Å². The number of aromatic carboxylic acids is 1. The van der Waals surface area contributed by atoms with Gasteiger partial charge in [-0.2, -0.15) is 13.2 Å². The molecule has 0 spiro atoms. The molecule has 0 unspecified atom stereocenters. The number of carboxylic acid groups (broad SMARTS) is 1. The molecule has 0 amide bonds. The Morgan fingerprint density at radius 3 is 2.59 bits per heavy atom.